The first-order chi connectivity index (χ1) is 8.43. The highest BCUT2D eigenvalue weighted by Crippen LogP contribution is 2.21. The average molecular weight is 230 g/mol. The summed E-state index contributed by atoms with van der Waals surface area (Å²) < 4.78 is 0. The molecule has 1 saturated carbocycles. The standard InChI is InChI=1S/C15H22N2/c1-2-7-14(6-1)17-9-8-12-4-3-5-13-10-16-11-15(12)13/h3-5,14,16-17H,1-2,6-11H2. The maximum atomic E-state index is 3.70. The number of hydrogen-bond donors (Lipinski definition) is 2. The molecule has 92 valence electrons. The lowest BCUT2D eigenvalue weighted by Crippen LogP contribution is -2.28. The second-order valence-electron chi connectivity index (χ2n) is 5.34. The van der Waals surface area contributed by atoms with Crippen molar-refractivity contribution >= 4 is 0 Å². The van der Waals surface area contributed by atoms with E-state index in [0.29, 0.717) is 0 Å². The van der Waals surface area contributed by atoms with Crippen LogP contribution in [-0.2, 0) is 19.5 Å². The zero-order valence-electron chi connectivity index (χ0n) is 10.5. The zero-order chi connectivity index (χ0) is 11.5. The first-order valence-electron chi connectivity index (χ1n) is 6.97. The third-order valence-corrected chi connectivity index (χ3v) is 4.17. The van der Waals surface area contributed by atoms with Crippen molar-refractivity contribution in [3.8, 4) is 0 Å². The number of nitrogens with one attached hydrogen (secondary N) is 2. The van der Waals surface area contributed by atoms with Crippen LogP contribution in [0.1, 0.15) is 42.4 Å². The molecule has 0 aromatic heterocycles. The Hall–Kier alpha value is -0.860. The van der Waals surface area contributed by atoms with E-state index in [1.807, 2.05) is 0 Å². The predicted molar refractivity (Wildman–Crippen MR) is 70.9 cm³/mol. The fraction of sp³-hybridized carbons (Fsp3) is 0.600. The monoisotopic (exact) mass is 230 g/mol. The first-order valence-corrected chi connectivity index (χ1v) is 6.97. The van der Waals surface area contributed by atoms with Gasteiger partial charge in [0.05, 0.1) is 0 Å². The van der Waals surface area contributed by atoms with E-state index in [0.717, 1.165) is 25.7 Å². The van der Waals surface area contributed by atoms with Crippen molar-refractivity contribution in [2.75, 3.05) is 6.54 Å². The molecule has 1 aliphatic heterocycles. The molecule has 1 heterocycles. The van der Waals surface area contributed by atoms with Crippen molar-refractivity contribution in [3.05, 3.63) is 34.9 Å². The number of hydrogen-bond acceptors (Lipinski definition) is 2. The number of rotatable bonds is 4. The molecule has 3 rings (SSSR count). The quantitative estimate of drug-likeness (QED) is 0.830. The molecule has 0 unspecified atom stereocenters. The van der Waals surface area contributed by atoms with Gasteiger partial charge in [0.2, 0.25) is 0 Å². The molecule has 1 aromatic carbocycles. The summed E-state index contributed by atoms with van der Waals surface area (Å²) in [5, 5.41) is 7.14. The summed E-state index contributed by atoms with van der Waals surface area (Å²) in [7, 11) is 0. The Balaban J connectivity index is 1.56. The molecule has 0 saturated heterocycles. The van der Waals surface area contributed by atoms with Crippen molar-refractivity contribution in [3.63, 3.8) is 0 Å². The molecule has 2 N–H and O–H groups in total. The fourth-order valence-corrected chi connectivity index (χ4v) is 3.18. The minimum absolute atomic E-state index is 0.796. The van der Waals surface area contributed by atoms with Crippen LogP contribution >= 0.6 is 0 Å². The van der Waals surface area contributed by atoms with E-state index in [1.165, 1.54) is 43.2 Å². The lowest BCUT2D eigenvalue weighted by molar-refractivity contribution is 0.527. The molecule has 0 bridgehead atoms. The summed E-state index contributed by atoms with van der Waals surface area (Å²) in [4.78, 5) is 0. The molecule has 0 atom stereocenters. The van der Waals surface area contributed by atoms with E-state index in [1.54, 1.807) is 5.56 Å². The second-order valence-corrected chi connectivity index (χ2v) is 5.34. The molecular weight excluding hydrogens is 208 g/mol. The van der Waals surface area contributed by atoms with Crippen LogP contribution in [-0.4, -0.2) is 12.6 Å². The van der Waals surface area contributed by atoms with E-state index in [4.69, 9.17) is 0 Å². The third-order valence-electron chi connectivity index (χ3n) is 4.17. The van der Waals surface area contributed by atoms with Crippen molar-refractivity contribution in [1.29, 1.82) is 0 Å². The summed E-state index contributed by atoms with van der Waals surface area (Å²) in [5.41, 5.74) is 4.60. The van der Waals surface area contributed by atoms with Crippen LogP contribution in [0.3, 0.4) is 0 Å². The van der Waals surface area contributed by atoms with Crippen LogP contribution < -0.4 is 10.6 Å². The fourth-order valence-electron chi connectivity index (χ4n) is 3.18. The maximum absolute atomic E-state index is 3.70. The highest BCUT2D eigenvalue weighted by molar-refractivity contribution is 5.37. The zero-order valence-corrected chi connectivity index (χ0v) is 10.5. The molecule has 17 heavy (non-hydrogen) atoms. The summed E-state index contributed by atoms with van der Waals surface area (Å²) in [5.74, 6) is 0. The van der Waals surface area contributed by atoms with Crippen molar-refractivity contribution in [1.82, 2.24) is 10.6 Å². The van der Waals surface area contributed by atoms with Gasteiger partial charge in [0, 0.05) is 19.1 Å². The van der Waals surface area contributed by atoms with Crippen LogP contribution in [0.2, 0.25) is 0 Å². The molecule has 2 aliphatic rings. The molecule has 0 spiro atoms. The topological polar surface area (TPSA) is 24.1 Å². The minimum atomic E-state index is 0.796. The van der Waals surface area contributed by atoms with Gasteiger partial charge in [-0.1, -0.05) is 31.0 Å². The lowest BCUT2D eigenvalue weighted by Gasteiger charge is -2.13. The summed E-state index contributed by atoms with van der Waals surface area (Å²) in [6.07, 6.45) is 6.79. The Kier molecular flexibility index (Phi) is 3.44. The van der Waals surface area contributed by atoms with E-state index < -0.39 is 0 Å². The molecule has 2 heteroatoms. The number of benzene rings is 1. The SMILES string of the molecule is c1cc(CCNC2CCCC2)c2c(c1)CNC2. The molecule has 1 fully saturated rings. The molecule has 1 aromatic rings. The van der Waals surface area contributed by atoms with Gasteiger partial charge >= 0.3 is 0 Å². The lowest BCUT2D eigenvalue weighted by atomic mass is 10.0. The smallest absolute Gasteiger partial charge is 0.0214 e. The van der Waals surface area contributed by atoms with Gasteiger partial charge in [-0.15, -0.1) is 0 Å². The van der Waals surface area contributed by atoms with Gasteiger partial charge in [-0.25, -0.2) is 0 Å². The highest BCUT2D eigenvalue weighted by atomic mass is 14.9. The van der Waals surface area contributed by atoms with Crippen LogP contribution in [0.5, 0.6) is 0 Å². The van der Waals surface area contributed by atoms with Gasteiger partial charge in [-0.3, -0.25) is 0 Å². The van der Waals surface area contributed by atoms with E-state index in [2.05, 4.69) is 28.8 Å². The average Bonchev–Trinajstić information content (AvgIpc) is 2.99. The van der Waals surface area contributed by atoms with Gasteiger partial charge in [0.15, 0.2) is 0 Å². The first kappa shape index (κ1) is 11.2. The Labute approximate surface area is 104 Å². The molecule has 2 nitrogen and oxygen atoms in total. The van der Waals surface area contributed by atoms with Crippen molar-refractivity contribution in [2.24, 2.45) is 0 Å². The third kappa shape index (κ3) is 2.53. The summed E-state index contributed by atoms with van der Waals surface area (Å²) in [6.45, 7) is 3.26. The molecule has 0 radical (unpaired) electrons. The summed E-state index contributed by atoms with van der Waals surface area (Å²) >= 11 is 0. The van der Waals surface area contributed by atoms with Crippen LogP contribution in [0.25, 0.3) is 0 Å². The summed E-state index contributed by atoms with van der Waals surface area (Å²) in [6, 6.07) is 7.55. The Morgan fingerprint density at radius 1 is 1.18 bits per heavy atom. The molecule has 1 aliphatic carbocycles. The number of fused-ring (bicyclic) bond motifs is 1. The Morgan fingerprint density at radius 3 is 2.94 bits per heavy atom. The van der Waals surface area contributed by atoms with E-state index >= 15 is 0 Å². The van der Waals surface area contributed by atoms with Crippen LogP contribution in [0.4, 0.5) is 0 Å². The van der Waals surface area contributed by atoms with E-state index in [-0.39, 0.29) is 0 Å². The maximum Gasteiger partial charge on any atom is 0.0214 e. The molecule has 0 amide bonds. The second kappa shape index (κ2) is 5.19. The van der Waals surface area contributed by atoms with E-state index in [9.17, 15) is 0 Å². The predicted octanol–water partition coefficient (Wildman–Crippen LogP) is 2.36. The van der Waals surface area contributed by atoms with Crippen LogP contribution in [0, 0.1) is 0 Å². The van der Waals surface area contributed by atoms with Gasteiger partial charge in [-0.05, 0) is 42.5 Å². The van der Waals surface area contributed by atoms with Crippen molar-refractivity contribution < 1.29 is 0 Å². The largest absolute Gasteiger partial charge is 0.314 e. The molecular formula is C15H22N2. The Morgan fingerprint density at radius 2 is 2.06 bits per heavy atom. The van der Waals surface area contributed by atoms with Gasteiger partial charge in [-0.2, -0.15) is 0 Å². The normalized spacial score (nSPS) is 19.8. The van der Waals surface area contributed by atoms with Gasteiger partial charge < -0.3 is 10.6 Å². The minimum Gasteiger partial charge on any atom is -0.314 e. The van der Waals surface area contributed by atoms with Gasteiger partial charge in [0.1, 0.15) is 0 Å². The van der Waals surface area contributed by atoms with Gasteiger partial charge in [0.25, 0.3) is 0 Å². The van der Waals surface area contributed by atoms with Crippen molar-refractivity contribution in [2.45, 2.75) is 51.2 Å². The Bertz CT molecular complexity index is 381. The van der Waals surface area contributed by atoms with Crippen LogP contribution in [0.15, 0.2) is 18.2 Å². The highest BCUT2D eigenvalue weighted by Gasteiger charge is 2.15.